The largest absolute Gasteiger partial charge is 0.481 e. The van der Waals surface area contributed by atoms with Gasteiger partial charge in [0.2, 0.25) is 0 Å². The molecule has 0 radical (unpaired) electrons. The summed E-state index contributed by atoms with van der Waals surface area (Å²) in [6.45, 7) is 4.64. The molecular formula is C17H34O2. The molecule has 0 aliphatic heterocycles. The van der Waals surface area contributed by atoms with Crippen LogP contribution in [0.15, 0.2) is 0 Å². The minimum Gasteiger partial charge on any atom is -0.481 e. The number of rotatable bonds is 14. The van der Waals surface area contributed by atoms with E-state index < -0.39 is 5.97 Å². The molecule has 114 valence electrons. The van der Waals surface area contributed by atoms with E-state index in [-0.39, 0.29) is 0 Å². The Morgan fingerprint density at radius 3 is 1.84 bits per heavy atom. The first-order valence-electron chi connectivity index (χ1n) is 8.38. The summed E-state index contributed by atoms with van der Waals surface area (Å²) >= 11 is 0. The Labute approximate surface area is 120 Å². The van der Waals surface area contributed by atoms with E-state index in [1.165, 1.54) is 64.2 Å². The zero-order chi connectivity index (χ0) is 14.3. The highest BCUT2D eigenvalue weighted by atomic mass is 16.4. The molecular weight excluding hydrogens is 236 g/mol. The van der Waals surface area contributed by atoms with Gasteiger partial charge in [-0.1, -0.05) is 84.5 Å². The normalized spacial score (nSPS) is 12.5. The van der Waals surface area contributed by atoms with Crippen LogP contribution in [0.25, 0.3) is 0 Å². The summed E-state index contributed by atoms with van der Waals surface area (Å²) in [5.41, 5.74) is 0. The summed E-state index contributed by atoms with van der Waals surface area (Å²) in [6, 6.07) is 0. The molecule has 0 saturated carbocycles. The lowest BCUT2D eigenvalue weighted by molar-refractivity contribution is -0.137. The van der Waals surface area contributed by atoms with Crippen molar-refractivity contribution < 1.29 is 9.90 Å². The van der Waals surface area contributed by atoms with Crippen LogP contribution < -0.4 is 0 Å². The molecule has 0 saturated heterocycles. The van der Waals surface area contributed by atoms with E-state index in [0.717, 1.165) is 18.8 Å². The maximum atomic E-state index is 10.3. The fraction of sp³-hybridized carbons (Fsp3) is 0.941. The van der Waals surface area contributed by atoms with Crippen LogP contribution in [0, 0.1) is 5.92 Å². The van der Waals surface area contributed by atoms with Crippen molar-refractivity contribution in [1.82, 2.24) is 0 Å². The van der Waals surface area contributed by atoms with Crippen molar-refractivity contribution in [1.29, 1.82) is 0 Å². The van der Waals surface area contributed by atoms with Gasteiger partial charge in [0.1, 0.15) is 0 Å². The third-order valence-electron chi connectivity index (χ3n) is 3.89. The van der Waals surface area contributed by atoms with Crippen LogP contribution in [0.3, 0.4) is 0 Å². The summed E-state index contributed by atoms with van der Waals surface area (Å²) in [5.74, 6) is 0.220. The molecule has 0 aliphatic rings. The van der Waals surface area contributed by atoms with Crippen LogP contribution in [0.4, 0.5) is 0 Å². The standard InChI is InChI=1S/C17H34O2/c1-3-4-5-7-10-13-16(2)14-11-8-6-9-12-15-17(18)19/h16H,3-15H2,1-2H3,(H,18,19). The van der Waals surface area contributed by atoms with Gasteiger partial charge in [-0.2, -0.15) is 0 Å². The van der Waals surface area contributed by atoms with Crippen molar-refractivity contribution >= 4 is 5.97 Å². The van der Waals surface area contributed by atoms with Crippen molar-refractivity contribution in [2.75, 3.05) is 0 Å². The number of carboxylic acids is 1. The fourth-order valence-electron chi connectivity index (χ4n) is 2.54. The maximum absolute atomic E-state index is 10.3. The second-order valence-electron chi connectivity index (χ2n) is 6.01. The van der Waals surface area contributed by atoms with Gasteiger partial charge in [0, 0.05) is 6.42 Å². The zero-order valence-corrected chi connectivity index (χ0v) is 13.1. The van der Waals surface area contributed by atoms with Crippen LogP contribution in [0.1, 0.15) is 97.3 Å². The van der Waals surface area contributed by atoms with Gasteiger partial charge in [0.15, 0.2) is 0 Å². The monoisotopic (exact) mass is 270 g/mol. The van der Waals surface area contributed by atoms with Crippen LogP contribution in [0.5, 0.6) is 0 Å². The van der Waals surface area contributed by atoms with Gasteiger partial charge in [-0.3, -0.25) is 4.79 Å². The summed E-state index contributed by atoms with van der Waals surface area (Å²) in [5, 5.41) is 8.53. The topological polar surface area (TPSA) is 37.3 Å². The lowest BCUT2D eigenvalue weighted by atomic mass is 9.96. The van der Waals surface area contributed by atoms with Crippen molar-refractivity contribution in [3.63, 3.8) is 0 Å². The van der Waals surface area contributed by atoms with Crippen LogP contribution in [0.2, 0.25) is 0 Å². The summed E-state index contributed by atoms with van der Waals surface area (Å²) in [7, 11) is 0. The van der Waals surface area contributed by atoms with Gasteiger partial charge >= 0.3 is 5.97 Å². The molecule has 0 fully saturated rings. The second-order valence-corrected chi connectivity index (χ2v) is 6.01. The fourth-order valence-corrected chi connectivity index (χ4v) is 2.54. The zero-order valence-electron chi connectivity index (χ0n) is 13.1. The molecule has 0 spiro atoms. The molecule has 0 aromatic carbocycles. The van der Waals surface area contributed by atoms with E-state index in [0.29, 0.717) is 6.42 Å². The molecule has 2 nitrogen and oxygen atoms in total. The number of carboxylic acid groups (broad SMARTS) is 1. The van der Waals surface area contributed by atoms with E-state index in [9.17, 15) is 4.79 Å². The van der Waals surface area contributed by atoms with E-state index in [4.69, 9.17) is 5.11 Å². The first-order chi connectivity index (χ1) is 9.16. The molecule has 0 bridgehead atoms. The Bertz CT molecular complexity index is 201. The Morgan fingerprint density at radius 1 is 0.842 bits per heavy atom. The predicted molar refractivity (Wildman–Crippen MR) is 82.5 cm³/mol. The predicted octanol–water partition coefficient (Wildman–Crippen LogP) is 5.80. The molecule has 1 unspecified atom stereocenters. The molecule has 0 heterocycles. The Hall–Kier alpha value is -0.530. The Morgan fingerprint density at radius 2 is 1.32 bits per heavy atom. The maximum Gasteiger partial charge on any atom is 0.303 e. The van der Waals surface area contributed by atoms with Crippen molar-refractivity contribution in [3.8, 4) is 0 Å². The minimum absolute atomic E-state index is 0.341. The number of unbranched alkanes of at least 4 members (excludes halogenated alkanes) is 8. The molecule has 0 rings (SSSR count). The molecule has 0 aromatic rings. The van der Waals surface area contributed by atoms with E-state index in [1.807, 2.05) is 0 Å². The number of aliphatic carboxylic acids is 1. The van der Waals surface area contributed by atoms with Gasteiger partial charge < -0.3 is 5.11 Å². The van der Waals surface area contributed by atoms with Gasteiger partial charge in [-0.05, 0) is 12.3 Å². The Kier molecular flexibility index (Phi) is 13.5. The van der Waals surface area contributed by atoms with Gasteiger partial charge in [0.05, 0.1) is 0 Å². The van der Waals surface area contributed by atoms with E-state index in [2.05, 4.69) is 13.8 Å². The van der Waals surface area contributed by atoms with Gasteiger partial charge in [-0.15, -0.1) is 0 Å². The van der Waals surface area contributed by atoms with Gasteiger partial charge in [0.25, 0.3) is 0 Å². The minimum atomic E-state index is -0.656. The third-order valence-corrected chi connectivity index (χ3v) is 3.89. The molecule has 1 N–H and O–H groups in total. The Balaban J connectivity index is 3.15. The summed E-state index contributed by atoms with van der Waals surface area (Å²) < 4.78 is 0. The molecule has 0 aromatic heterocycles. The average molecular weight is 270 g/mol. The first-order valence-corrected chi connectivity index (χ1v) is 8.38. The lowest BCUT2D eigenvalue weighted by Gasteiger charge is -2.10. The smallest absolute Gasteiger partial charge is 0.303 e. The quantitative estimate of drug-likeness (QED) is 0.405. The van der Waals surface area contributed by atoms with Crippen LogP contribution in [-0.4, -0.2) is 11.1 Å². The van der Waals surface area contributed by atoms with Gasteiger partial charge in [-0.25, -0.2) is 0 Å². The number of hydrogen-bond donors (Lipinski definition) is 1. The molecule has 19 heavy (non-hydrogen) atoms. The van der Waals surface area contributed by atoms with E-state index in [1.54, 1.807) is 0 Å². The van der Waals surface area contributed by atoms with Crippen LogP contribution >= 0.6 is 0 Å². The summed E-state index contributed by atoms with van der Waals surface area (Å²) in [6.07, 6.45) is 15.8. The molecule has 2 heteroatoms. The summed E-state index contributed by atoms with van der Waals surface area (Å²) in [4.78, 5) is 10.3. The first kappa shape index (κ1) is 18.5. The third kappa shape index (κ3) is 15.4. The lowest BCUT2D eigenvalue weighted by Crippen LogP contribution is -1.96. The number of hydrogen-bond acceptors (Lipinski definition) is 1. The second kappa shape index (κ2) is 13.9. The highest BCUT2D eigenvalue weighted by Gasteiger charge is 2.02. The average Bonchev–Trinajstić information content (AvgIpc) is 2.37. The molecule has 0 amide bonds. The number of carbonyl (C=O) groups is 1. The van der Waals surface area contributed by atoms with E-state index >= 15 is 0 Å². The SMILES string of the molecule is CCCCCCCC(C)CCCCCCCC(=O)O. The van der Waals surface area contributed by atoms with Crippen molar-refractivity contribution in [2.24, 2.45) is 5.92 Å². The highest BCUT2D eigenvalue weighted by Crippen LogP contribution is 2.18. The van der Waals surface area contributed by atoms with Crippen molar-refractivity contribution in [3.05, 3.63) is 0 Å². The molecule has 0 aliphatic carbocycles. The highest BCUT2D eigenvalue weighted by molar-refractivity contribution is 5.66. The van der Waals surface area contributed by atoms with Crippen molar-refractivity contribution in [2.45, 2.75) is 97.3 Å². The molecule has 1 atom stereocenters. The van der Waals surface area contributed by atoms with Crippen LogP contribution in [-0.2, 0) is 4.79 Å².